The van der Waals surface area contributed by atoms with Crippen molar-refractivity contribution >= 4 is 33.7 Å². The van der Waals surface area contributed by atoms with Crippen LogP contribution in [0.5, 0.6) is 5.75 Å². The highest BCUT2D eigenvalue weighted by Crippen LogP contribution is 2.26. The third-order valence-electron chi connectivity index (χ3n) is 1.91. The molecule has 0 aliphatic carbocycles. The molecule has 2 rings (SSSR count). The van der Waals surface area contributed by atoms with E-state index in [9.17, 15) is 0 Å². The molecule has 82 valence electrons. The maximum Gasteiger partial charge on any atom is 0.139 e. The maximum absolute atomic E-state index is 5.60. The van der Waals surface area contributed by atoms with Crippen LogP contribution < -0.4 is 9.92 Å². The number of halogens is 1. The van der Waals surface area contributed by atoms with E-state index in [1.165, 1.54) is 12.0 Å². The van der Waals surface area contributed by atoms with Gasteiger partial charge in [0.2, 0.25) is 0 Å². The van der Waals surface area contributed by atoms with Gasteiger partial charge in [0.15, 0.2) is 0 Å². The van der Waals surface area contributed by atoms with Crippen molar-refractivity contribution in [2.45, 2.75) is 4.90 Å². The van der Waals surface area contributed by atoms with E-state index in [2.05, 4.69) is 15.9 Å². The normalized spacial score (nSPS) is 10.1. The Labute approximate surface area is 107 Å². The number of nitrogen functional groups attached to an aromatic ring is 1. The first-order chi connectivity index (χ1) is 7.74. The summed E-state index contributed by atoms with van der Waals surface area (Å²) in [7, 11) is 0. The predicted octanol–water partition coefficient (Wildman–Crippen LogP) is 4.12. The summed E-state index contributed by atoms with van der Waals surface area (Å²) < 4.78 is 6.56. The maximum atomic E-state index is 5.60. The molecule has 0 amide bonds. The first-order valence-electron chi connectivity index (χ1n) is 4.70. The number of hydrogen-bond donors (Lipinski definition) is 1. The van der Waals surface area contributed by atoms with Gasteiger partial charge in [0.05, 0.1) is 12.0 Å². The topological polar surface area (TPSA) is 35.2 Å². The molecule has 0 radical (unpaired) electrons. The molecule has 0 atom stereocenters. The Kier molecular flexibility index (Phi) is 3.74. The van der Waals surface area contributed by atoms with E-state index in [0.717, 1.165) is 20.8 Å². The van der Waals surface area contributed by atoms with Gasteiger partial charge in [-0.05, 0) is 42.5 Å². The molecule has 0 aliphatic heterocycles. The third-order valence-corrected chi connectivity index (χ3v) is 3.14. The zero-order chi connectivity index (χ0) is 11.4. The second kappa shape index (κ2) is 5.27. The lowest BCUT2D eigenvalue weighted by Crippen LogP contribution is -1.85. The van der Waals surface area contributed by atoms with Gasteiger partial charge in [-0.1, -0.05) is 22.0 Å². The molecule has 0 aliphatic rings. The van der Waals surface area contributed by atoms with Crippen LogP contribution in [0.4, 0.5) is 5.69 Å². The lowest BCUT2D eigenvalue weighted by molar-refractivity contribution is 0.645. The molecule has 2 aromatic rings. The number of benzene rings is 2. The predicted molar refractivity (Wildman–Crippen MR) is 71.5 cm³/mol. The zero-order valence-electron chi connectivity index (χ0n) is 8.39. The minimum absolute atomic E-state index is 0.756. The fraction of sp³-hybridized carbons (Fsp3) is 0. The standard InChI is InChI=1S/C12H10BrNOS/c13-9-2-1-3-11(8-9)15-16-12-6-4-10(14)5-7-12/h1-8H,14H2. The van der Waals surface area contributed by atoms with Crippen LogP contribution >= 0.6 is 28.0 Å². The van der Waals surface area contributed by atoms with Crippen molar-refractivity contribution in [2.75, 3.05) is 5.73 Å². The zero-order valence-corrected chi connectivity index (χ0v) is 10.8. The number of rotatable bonds is 3. The molecule has 2 nitrogen and oxygen atoms in total. The van der Waals surface area contributed by atoms with E-state index in [4.69, 9.17) is 9.92 Å². The van der Waals surface area contributed by atoms with Gasteiger partial charge >= 0.3 is 0 Å². The quantitative estimate of drug-likeness (QED) is 0.683. The average molecular weight is 296 g/mol. The van der Waals surface area contributed by atoms with E-state index >= 15 is 0 Å². The van der Waals surface area contributed by atoms with Crippen LogP contribution in [0.2, 0.25) is 0 Å². The van der Waals surface area contributed by atoms with Crippen LogP contribution in [0.3, 0.4) is 0 Å². The summed E-state index contributed by atoms with van der Waals surface area (Å²) in [6.45, 7) is 0. The molecule has 0 saturated carbocycles. The Balaban J connectivity index is 1.99. The van der Waals surface area contributed by atoms with Gasteiger partial charge in [-0.2, -0.15) is 0 Å². The van der Waals surface area contributed by atoms with Gasteiger partial charge in [0.1, 0.15) is 5.75 Å². The van der Waals surface area contributed by atoms with Crippen molar-refractivity contribution in [3.05, 3.63) is 53.0 Å². The molecule has 16 heavy (non-hydrogen) atoms. The lowest BCUT2D eigenvalue weighted by atomic mass is 10.3. The van der Waals surface area contributed by atoms with Crippen molar-refractivity contribution < 1.29 is 4.18 Å². The van der Waals surface area contributed by atoms with Crippen LogP contribution in [0.25, 0.3) is 0 Å². The second-order valence-corrected chi connectivity index (χ2v) is 4.91. The highest BCUT2D eigenvalue weighted by atomic mass is 79.9. The van der Waals surface area contributed by atoms with Gasteiger partial charge in [-0.3, -0.25) is 0 Å². The highest BCUT2D eigenvalue weighted by molar-refractivity contribution is 9.10. The number of anilines is 1. The van der Waals surface area contributed by atoms with E-state index in [1.807, 2.05) is 48.5 Å². The van der Waals surface area contributed by atoms with Crippen molar-refractivity contribution in [2.24, 2.45) is 0 Å². The Morgan fingerprint density at radius 1 is 1.06 bits per heavy atom. The molecule has 2 N–H and O–H groups in total. The lowest BCUT2D eigenvalue weighted by Gasteiger charge is -2.04. The fourth-order valence-corrected chi connectivity index (χ4v) is 2.06. The van der Waals surface area contributed by atoms with E-state index in [-0.39, 0.29) is 0 Å². The van der Waals surface area contributed by atoms with Crippen LogP contribution in [-0.4, -0.2) is 0 Å². The highest BCUT2D eigenvalue weighted by Gasteiger charge is 1.98. The SMILES string of the molecule is Nc1ccc(SOc2cccc(Br)c2)cc1. The molecule has 4 heteroatoms. The fourth-order valence-electron chi connectivity index (χ4n) is 1.14. The second-order valence-electron chi connectivity index (χ2n) is 3.19. The monoisotopic (exact) mass is 295 g/mol. The molecule has 0 bridgehead atoms. The van der Waals surface area contributed by atoms with Gasteiger partial charge in [0, 0.05) is 15.1 Å². The summed E-state index contributed by atoms with van der Waals surface area (Å²) in [5, 5.41) is 0. The van der Waals surface area contributed by atoms with Gasteiger partial charge in [-0.15, -0.1) is 0 Å². The summed E-state index contributed by atoms with van der Waals surface area (Å²) in [5.41, 5.74) is 6.35. The summed E-state index contributed by atoms with van der Waals surface area (Å²) in [6.07, 6.45) is 0. The molecule has 0 aromatic heterocycles. The Morgan fingerprint density at radius 3 is 2.50 bits per heavy atom. The van der Waals surface area contributed by atoms with Crippen LogP contribution in [0, 0.1) is 0 Å². The molecular weight excluding hydrogens is 286 g/mol. The average Bonchev–Trinajstić information content (AvgIpc) is 2.28. The van der Waals surface area contributed by atoms with Gasteiger partial charge < -0.3 is 9.92 Å². The van der Waals surface area contributed by atoms with Crippen LogP contribution in [0.15, 0.2) is 57.9 Å². The molecule has 0 fully saturated rings. The minimum Gasteiger partial charge on any atom is -0.421 e. The number of hydrogen-bond acceptors (Lipinski definition) is 3. The van der Waals surface area contributed by atoms with Crippen molar-refractivity contribution in [1.82, 2.24) is 0 Å². The summed E-state index contributed by atoms with van der Waals surface area (Å²) in [5.74, 6) is 0.816. The molecule has 0 unspecified atom stereocenters. The van der Waals surface area contributed by atoms with Gasteiger partial charge in [-0.25, -0.2) is 0 Å². The minimum atomic E-state index is 0.756. The molecule has 0 heterocycles. The third kappa shape index (κ3) is 3.18. The first kappa shape index (κ1) is 11.4. The number of nitrogens with two attached hydrogens (primary N) is 1. The Bertz CT molecular complexity index is 473. The van der Waals surface area contributed by atoms with Crippen LogP contribution in [0.1, 0.15) is 0 Å². The van der Waals surface area contributed by atoms with Crippen molar-refractivity contribution in [3.63, 3.8) is 0 Å². The summed E-state index contributed by atoms with van der Waals surface area (Å²) in [6, 6.07) is 15.3. The molecule has 2 aromatic carbocycles. The Hall–Kier alpha value is -1.13. The molecular formula is C12H10BrNOS. The van der Waals surface area contributed by atoms with Crippen LogP contribution in [-0.2, 0) is 0 Å². The summed E-state index contributed by atoms with van der Waals surface area (Å²) >= 11 is 4.71. The van der Waals surface area contributed by atoms with E-state index in [0.29, 0.717) is 0 Å². The molecule has 0 saturated heterocycles. The van der Waals surface area contributed by atoms with Crippen molar-refractivity contribution in [3.8, 4) is 5.75 Å². The van der Waals surface area contributed by atoms with E-state index < -0.39 is 0 Å². The summed E-state index contributed by atoms with van der Waals surface area (Å²) in [4.78, 5) is 1.02. The Morgan fingerprint density at radius 2 is 1.81 bits per heavy atom. The first-order valence-corrected chi connectivity index (χ1v) is 6.23. The van der Waals surface area contributed by atoms with Crippen molar-refractivity contribution in [1.29, 1.82) is 0 Å². The molecule has 0 spiro atoms. The van der Waals surface area contributed by atoms with E-state index in [1.54, 1.807) is 0 Å². The van der Waals surface area contributed by atoms with Gasteiger partial charge in [0.25, 0.3) is 0 Å². The largest absolute Gasteiger partial charge is 0.421 e. The smallest absolute Gasteiger partial charge is 0.139 e.